The summed E-state index contributed by atoms with van der Waals surface area (Å²) < 4.78 is 0. The topological polar surface area (TPSA) is 3.24 Å². The monoisotopic (exact) mass is 485 g/mol. The Bertz CT molecular complexity index is 944. The van der Waals surface area contributed by atoms with E-state index in [1.807, 2.05) is 13.8 Å². The summed E-state index contributed by atoms with van der Waals surface area (Å²) in [5.41, 5.74) is 8.13. The highest BCUT2D eigenvalue weighted by atomic mass is 15.1. The van der Waals surface area contributed by atoms with Gasteiger partial charge in [-0.05, 0) is 78.1 Å². The van der Waals surface area contributed by atoms with Gasteiger partial charge in [0.2, 0.25) is 0 Å². The van der Waals surface area contributed by atoms with E-state index in [4.69, 9.17) is 0 Å². The summed E-state index contributed by atoms with van der Waals surface area (Å²) in [5.74, 6) is 0. The summed E-state index contributed by atoms with van der Waals surface area (Å²) in [6.07, 6.45) is 7.47. The molecule has 1 heteroatoms. The van der Waals surface area contributed by atoms with Crippen LogP contribution in [0.5, 0.6) is 0 Å². The van der Waals surface area contributed by atoms with E-state index >= 15 is 0 Å². The van der Waals surface area contributed by atoms with Crippen LogP contribution in [0.1, 0.15) is 111 Å². The van der Waals surface area contributed by atoms with Gasteiger partial charge in [0.1, 0.15) is 0 Å². The van der Waals surface area contributed by atoms with Crippen molar-refractivity contribution in [2.75, 3.05) is 4.90 Å². The van der Waals surface area contributed by atoms with E-state index in [0.717, 1.165) is 0 Å². The van der Waals surface area contributed by atoms with Gasteiger partial charge in [-0.3, -0.25) is 0 Å². The number of aryl methyl sites for hydroxylation is 1. The predicted octanol–water partition coefficient (Wildman–Crippen LogP) is 11.4. The summed E-state index contributed by atoms with van der Waals surface area (Å²) in [4.78, 5) is 2.38. The summed E-state index contributed by atoms with van der Waals surface area (Å²) >= 11 is 0. The summed E-state index contributed by atoms with van der Waals surface area (Å²) in [6.45, 7) is 20.2. The first-order valence-electron chi connectivity index (χ1n) is 14.3. The van der Waals surface area contributed by atoms with Crippen molar-refractivity contribution in [1.82, 2.24) is 0 Å². The Balaban J connectivity index is 0.00000222. The Labute approximate surface area is 223 Å². The van der Waals surface area contributed by atoms with Gasteiger partial charge in [0.05, 0.1) is 0 Å². The van der Waals surface area contributed by atoms with E-state index < -0.39 is 0 Å². The highest BCUT2D eigenvalue weighted by Gasteiger charge is 2.22. The van der Waals surface area contributed by atoms with Crippen molar-refractivity contribution < 1.29 is 0 Å². The van der Waals surface area contributed by atoms with Crippen molar-refractivity contribution in [3.05, 3.63) is 89.5 Å². The lowest BCUT2D eigenvalue weighted by Crippen LogP contribution is -2.18. The molecule has 0 aliphatic carbocycles. The zero-order valence-corrected chi connectivity index (χ0v) is 24.6. The molecule has 0 saturated carbocycles. The lowest BCUT2D eigenvalue weighted by atomic mass is 9.80. The molecule has 36 heavy (non-hydrogen) atoms. The van der Waals surface area contributed by atoms with Gasteiger partial charge in [-0.1, -0.05) is 123 Å². The predicted molar refractivity (Wildman–Crippen MR) is 162 cm³/mol. The number of hydrogen-bond donors (Lipinski definition) is 0. The van der Waals surface area contributed by atoms with E-state index in [-0.39, 0.29) is 10.8 Å². The van der Waals surface area contributed by atoms with Crippen molar-refractivity contribution in [2.45, 2.75) is 112 Å². The van der Waals surface area contributed by atoms with Crippen LogP contribution >= 0.6 is 0 Å². The average molecular weight is 486 g/mol. The minimum absolute atomic E-state index is 0.203. The molecule has 3 aromatic carbocycles. The van der Waals surface area contributed by atoms with E-state index in [1.165, 1.54) is 72.3 Å². The van der Waals surface area contributed by atoms with E-state index in [9.17, 15) is 0 Å². The van der Waals surface area contributed by atoms with Gasteiger partial charge in [-0.25, -0.2) is 0 Å². The van der Waals surface area contributed by atoms with Crippen molar-refractivity contribution in [3.8, 4) is 0 Å². The van der Waals surface area contributed by atoms with Gasteiger partial charge in [0, 0.05) is 17.1 Å². The second-order valence-corrected chi connectivity index (χ2v) is 11.2. The molecule has 0 atom stereocenters. The highest BCUT2D eigenvalue weighted by Crippen LogP contribution is 2.38. The van der Waals surface area contributed by atoms with E-state index in [0.29, 0.717) is 0 Å². The molecule has 196 valence electrons. The van der Waals surface area contributed by atoms with Crippen LogP contribution in [0.25, 0.3) is 0 Å². The first-order chi connectivity index (χ1) is 17.2. The maximum Gasteiger partial charge on any atom is 0.0461 e. The van der Waals surface area contributed by atoms with Crippen molar-refractivity contribution in [1.29, 1.82) is 0 Å². The molecule has 0 saturated heterocycles. The van der Waals surface area contributed by atoms with Crippen LogP contribution in [0, 0.1) is 6.92 Å². The van der Waals surface area contributed by atoms with Crippen molar-refractivity contribution >= 4 is 17.1 Å². The van der Waals surface area contributed by atoms with Crippen molar-refractivity contribution in [2.24, 2.45) is 0 Å². The van der Waals surface area contributed by atoms with Gasteiger partial charge >= 0.3 is 0 Å². The third-order valence-electron chi connectivity index (χ3n) is 7.42. The zero-order chi connectivity index (χ0) is 26.8. The molecule has 3 aromatic rings. The summed E-state index contributed by atoms with van der Waals surface area (Å²) in [5, 5.41) is 0. The summed E-state index contributed by atoms with van der Waals surface area (Å²) in [6, 6.07) is 27.3. The highest BCUT2D eigenvalue weighted by molar-refractivity contribution is 5.76. The standard InChI is InChI=1S/C33H45N.C2H6/c1-8-10-24-32(4,5)27-14-20-30(21-15-27)34(29-18-12-26(3)13-19-29)31-22-16-28(17-23-31)33(6,7)25-11-9-2;1-2/h12-23H,8-11,24-25H2,1-7H3;1-2H3. The second-order valence-electron chi connectivity index (χ2n) is 11.2. The zero-order valence-electron chi connectivity index (χ0n) is 24.6. The molecule has 0 aliphatic heterocycles. The minimum atomic E-state index is 0.203. The third kappa shape index (κ3) is 7.73. The molecule has 0 N–H and O–H groups in total. The van der Waals surface area contributed by atoms with Crippen LogP contribution in [0.4, 0.5) is 17.1 Å². The third-order valence-corrected chi connectivity index (χ3v) is 7.42. The fraction of sp³-hybridized carbons (Fsp3) is 0.486. The SMILES string of the molecule is CC.CCCCC(C)(C)c1ccc(N(c2ccc(C)cc2)c2ccc(C(C)(C)CCCC)cc2)cc1. The fourth-order valence-electron chi connectivity index (χ4n) is 4.79. The molecule has 0 aliphatic rings. The maximum absolute atomic E-state index is 2.38. The molecule has 0 unspecified atom stereocenters. The minimum Gasteiger partial charge on any atom is -0.311 e. The quantitative estimate of drug-likeness (QED) is 0.261. The Morgan fingerprint density at radius 1 is 0.528 bits per heavy atom. The van der Waals surface area contributed by atoms with Crippen LogP contribution in [0.3, 0.4) is 0 Å². The van der Waals surface area contributed by atoms with E-state index in [2.05, 4.69) is 126 Å². The van der Waals surface area contributed by atoms with Crippen LogP contribution in [-0.4, -0.2) is 0 Å². The number of rotatable bonds is 11. The van der Waals surface area contributed by atoms with Gasteiger partial charge < -0.3 is 4.90 Å². The Morgan fingerprint density at radius 3 is 1.14 bits per heavy atom. The molecule has 0 amide bonds. The van der Waals surface area contributed by atoms with Crippen molar-refractivity contribution in [3.63, 3.8) is 0 Å². The average Bonchev–Trinajstić information content (AvgIpc) is 2.89. The lowest BCUT2D eigenvalue weighted by Gasteiger charge is -2.30. The molecule has 1 nitrogen and oxygen atoms in total. The molecule has 0 aromatic heterocycles. The number of unbranched alkanes of at least 4 members (excludes halogenated alkanes) is 2. The molecular weight excluding hydrogens is 434 g/mol. The molecule has 0 heterocycles. The first kappa shape index (κ1) is 29.7. The van der Waals surface area contributed by atoms with Gasteiger partial charge in [-0.15, -0.1) is 0 Å². The molecule has 0 bridgehead atoms. The Hall–Kier alpha value is -2.54. The molecule has 0 spiro atoms. The number of benzene rings is 3. The normalized spacial score (nSPS) is 11.6. The molecule has 0 fully saturated rings. The largest absolute Gasteiger partial charge is 0.311 e. The summed E-state index contributed by atoms with van der Waals surface area (Å²) in [7, 11) is 0. The second kappa shape index (κ2) is 13.7. The van der Waals surface area contributed by atoms with Gasteiger partial charge in [-0.2, -0.15) is 0 Å². The van der Waals surface area contributed by atoms with Gasteiger partial charge in [0.25, 0.3) is 0 Å². The molecule has 0 radical (unpaired) electrons. The molecular formula is C35H51N. The number of nitrogens with zero attached hydrogens (tertiary/aromatic N) is 1. The number of anilines is 3. The van der Waals surface area contributed by atoms with Crippen LogP contribution in [0.15, 0.2) is 72.8 Å². The number of hydrogen-bond acceptors (Lipinski definition) is 1. The van der Waals surface area contributed by atoms with Gasteiger partial charge in [0.15, 0.2) is 0 Å². The lowest BCUT2D eigenvalue weighted by molar-refractivity contribution is 0.458. The van der Waals surface area contributed by atoms with Crippen LogP contribution in [0.2, 0.25) is 0 Å². The van der Waals surface area contributed by atoms with Crippen LogP contribution < -0.4 is 4.90 Å². The molecule has 3 rings (SSSR count). The Morgan fingerprint density at radius 2 is 0.833 bits per heavy atom. The van der Waals surface area contributed by atoms with E-state index in [1.54, 1.807) is 0 Å². The Kier molecular flexibility index (Phi) is 11.3. The smallest absolute Gasteiger partial charge is 0.0461 e. The first-order valence-corrected chi connectivity index (χ1v) is 14.3. The fourth-order valence-corrected chi connectivity index (χ4v) is 4.79. The maximum atomic E-state index is 2.38. The van der Waals surface area contributed by atoms with Crippen LogP contribution in [-0.2, 0) is 10.8 Å².